The van der Waals surface area contributed by atoms with Crippen molar-refractivity contribution in [1.29, 1.82) is 0 Å². The van der Waals surface area contributed by atoms with Gasteiger partial charge < -0.3 is 20.1 Å². The number of aromatic amines is 1. The maximum atomic E-state index is 12.2. The van der Waals surface area contributed by atoms with Gasteiger partial charge in [-0.25, -0.2) is 4.79 Å². The molecule has 27 heavy (non-hydrogen) atoms. The van der Waals surface area contributed by atoms with Crippen LogP contribution in [0.25, 0.3) is 0 Å². The number of carbonyl (C=O) groups is 1. The van der Waals surface area contributed by atoms with Crippen molar-refractivity contribution in [1.82, 2.24) is 15.1 Å². The molecule has 1 aliphatic rings. The van der Waals surface area contributed by atoms with Crippen LogP contribution in [0.15, 0.2) is 36.4 Å². The normalized spacial score (nSPS) is 16.9. The van der Waals surface area contributed by atoms with E-state index in [1.807, 2.05) is 51.1 Å². The molecule has 7 nitrogen and oxygen atoms in total. The van der Waals surface area contributed by atoms with Gasteiger partial charge in [-0.2, -0.15) is 5.10 Å². The minimum absolute atomic E-state index is 0.0341. The first kappa shape index (κ1) is 19.2. The molecule has 2 aromatic rings. The first-order chi connectivity index (χ1) is 12.8. The Morgan fingerprint density at radius 3 is 2.48 bits per heavy atom. The van der Waals surface area contributed by atoms with Gasteiger partial charge in [0.15, 0.2) is 0 Å². The highest BCUT2D eigenvalue weighted by molar-refractivity contribution is 5.68. The van der Waals surface area contributed by atoms with Crippen molar-refractivity contribution in [2.45, 2.75) is 51.4 Å². The van der Waals surface area contributed by atoms with E-state index < -0.39 is 5.60 Å². The zero-order valence-electron chi connectivity index (χ0n) is 16.1. The fourth-order valence-electron chi connectivity index (χ4n) is 3.13. The van der Waals surface area contributed by atoms with Crippen molar-refractivity contribution in [3.05, 3.63) is 47.7 Å². The molecule has 1 atom stereocenters. The summed E-state index contributed by atoms with van der Waals surface area (Å²) >= 11 is 0. The molecule has 1 saturated heterocycles. The van der Waals surface area contributed by atoms with Gasteiger partial charge >= 0.3 is 6.09 Å². The summed E-state index contributed by atoms with van der Waals surface area (Å²) in [5, 5.41) is 7.06. The Morgan fingerprint density at radius 1 is 1.26 bits per heavy atom. The summed E-state index contributed by atoms with van der Waals surface area (Å²) in [5.74, 6) is 0.509. The molecule has 3 rings (SSSR count). The van der Waals surface area contributed by atoms with E-state index in [0.717, 1.165) is 24.1 Å². The highest BCUT2D eigenvalue weighted by Crippen LogP contribution is 2.30. The van der Waals surface area contributed by atoms with E-state index in [1.54, 1.807) is 11.0 Å². The summed E-state index contributed by atoms with van der Waals surface area (Å²) in [6.45, 7) is 6.86. The lowest BCUT2D eigenvalue weighted by molar-refractivity contribution is -0.0350. The van der Waals surface area contributed by atoms with Crippen LogP contribution in [0.4, 0.5) is 10.6 Å². The van der Waals surface area contributed by atoms with Crippen LogP contribution in [0.2, 0.25) is 0 Å². The Kier molecular flexibility index (Phi) is 5.70. The summed E-state index contributed by atoms with van der Waals surface area (Å²) in [6, 6.07) is 11.8. The zero-order chi connectivity index (χ0) is 19.4. The number of likely N-dealkylation sites (tertiary alicyclic amines) is 1. The zero-order valence-corrected chi connectivity index (χ0v) is 16.1. The largest absolute Gasteiger partial charge is 0.444 e. The molecule has 0 spiro atoms. The standard InChI is InChI=1S/C20H28N4O3/c1-20(2,3)27-19(25)24-11-9-15(10-12-24)26-18(14-7-5-4-6-8-14)16-13-17(21)23-22-16/h4-8,13,15,18H,9-12H2,1-3H3,(H3,21,22,23). The Labute approximate surface area is 159 Å². The average molecular weight is 372 g/mol. The summed E-state index contributed by atoms with van der Waals surface area (Å²) in [5.41, 5.74) is 7.10. The predicted molar refractivity (Wildman–Crippen MR) is 103 cm³/mol. The van der Waals surface area contributed by atoms with Crippen LogP contribution in [0.1, 0.15) is 51.0 Å². The molecule has 1 fully saturated rings. The number of rotatable bonds is 4. The van der Waals surface area contributed by atoms with Gasteiger partial charge in [-0.05, 0) is 39.2 Å². The SMILES string of the molecule is CC(C)(C)OC(=O)N1CCC(OC(c2ccccc2)c2cc(N)[nH]n2)CC1. The fraction of sp³-hybridized carbons (Fsp3) is 0.500. The Balaban J connectivity index is 1.64. The molecule has 0 saturated carbocycles. The second-order valence-electron chi connectivity index (χ2n) is 7.84. The number of carbonyl (C=O) groups excluding carboxylic acids is 1. The number of nitrogens with zero attached hydrogens (tertiary/aromatic N) is 2. The van der Waals surface area contributed by atoms with Crippen molar-refractivity contribution in [2.75, 3.05) is 18.8 Å². The molecule has 1 aromatic carbocycles. The van der Waals surface area contributed by atoms with Gasteiger partial charge in [0.05, 0.1) is 11.8 Å². The molecular formula is C20H28N4O3. The lowest BCUT2D eigenvalue weighted by Gasteiger charge is -2.34. The maximum absolute atomic E-state index is 12.2. The Hall–Kier alpha value is -2.54. The van der Waals surface area contributed by atoms with Gasteiger partial charge in [0.2, 0.25) is 0 Å². The van der Waals surface area contributed by atoms with Crippen molar-refractivity contribution >= 4 is 11.9 Å². The smallest absolute Gasteiger partial charge is 0.410 e. The minimum Gasteiger partial charge on any atom is -0.444 e. The number of piperidine rings is 1. The number of anilines is 1. The van der Waals surface area contributed by atoms with Crippen LogP contribution < -0.4 is 5.73 Å². The van der Waals surface area contributed by atoms with Crippen molar-refractivity contribution in [2.24, 2.45) is 0 Å². The highest BCUT2D eigenvalue weighted by atomic mass is 16.6. The highest BCUT2D eigenvalue weighted by Gasteiger charge is 2.29. The third-order valence-corrected chi connectivity index (χ3v) is 4.41. The van der Waals surface area contributed by atoms with E-state index in [4.69, 9.17) is 15.2 Å². The van der Waals surface area contributed by atoms with Crippen LogP contribution >= 0.6 is 0 Å². The Bertz CT molecular complexity index is 746. The van der Waals surface area contributed by atoms with Crippen LogP contribution in [-0.2, 0) is 9.47 Å². The van der Waals surface area contributed by atoms with Gasteiger partial charge in [0.1, 0.15) is 17.5 Å². The maximum Gasteiger partial charge on any atom is 0.410 e. The molecular weight excluding hydrogens is 344 g/mol. The quantitative estimate of drug-likeness (QED) is 0.857. The van der Waals surface area contributed by atoms with Crippen LogP contribution in [0, 0.1) is 0 Å². The average Bonchev–Trinajstić information content (AvgIpc) is 3.05. The first-order valence-electron chi connectivity index (χ1n) is 9.31. The molecule has 0 radical (unpaired) electrons. The van der Waals surface area contributed by atoms with Gasteiger partial charge in [-0.3, -0.25) is 5.10 Å². The van der Waals surface area contributed by atoms with Gasteiger partial charge in [0.25, 0.3) is 0 Å². The molecule has 0 bridgehead atoms. The second-order valence-corrected chi connectivity index (χ2v) is 7.84. The second kappa shape index (κ2) is 8.00. The third-order valence-electron chi connectivity index (χ3n) is 4.41. The lowest BCUT2D eigenvalue weighted by atomic mass is 10.0. The minimum atomic E-state index is -0.483. The number of nitrogen functional groups attached to an aromatic ring is 1. The van der Waals surface area contributed by atoms with Gasteiger partial charge in [-0.1, -0.05) is 30.3 Å². The van der Waals surface area contributed by atoms with Crippen molar-refractivity contribution < 1.29 is 14.3 Å². The number of hydrogen-bond acceptors (Lipinski definition) is 5. The van der Waals surface area contributed by atoms with Crippen LogP contribution in [0.5, 0.6) is 0 Å². The van der Waals surface area contributed by atoms with Crippen molar-refractivity contribution in [3.63, 3.8) is 0 Å². The van der Waals surface area contributed by atoms with E-state index in [9.17, 15) is 4.79 Å². The predicted octanol–water partition coefficient (Wildman–Crippen LogP) is 3.50. The molecule has 0 aliphatic carbocycles. The molecule has 3 N–H and O–H groups in total. The molecule has 146 valence electrons. The van der Waals surface area contributed by atoms with Crippen molar-refractivity contribution in [3.8, 4) is 0 Å². The number of H-pyrrole nitrogens is 1. The summed E-state index contributed by atoms with van der Waals surface area (Å²) in [7, 11) is 0. The monoisotopic (exact) mass is 372 g/mol. The van der Waals surface area contributed by atoms with E-state index in [2.05, 4.69) is 10.2 Å². The Morgan fingerprint density at radius 2 is 1.93 bits per heavy atom. The number of hydrogen-bond donors (Lipinski definition) is 2. The fourth-order valence-corrected chi connectivity index (χ4v) is 3.13. The van der Waals surface area contributed by atoms with E-state index in [-0.39, 0.29) is 18.3 Å². The third kappa shape index (κ3) is 5.23. The molecule has 1 aromatic heterocycles. The number of nitrogens with two attached hydrogens (primary N) is 1. The van der Waals surface area contributed by atoms with Crippen LogP contribution in [0.3, 0.4) is 0 Å². The molecule has 1 amide bonds. The summed E-state index contributed by atoms with van der Waals surface area (Å²) in [6.07, 6.45) is 0.982. The first-order valence-corrected chi connectivity index (χ1v) is 9.31. The molecule has 1 unspecified atom stereocenters. The van der Waals surface area contributed by atoms with E-state index in [0.29, 0.717) is 18.9 Å². The van der Waals surface area contributed by atoms with Gasteiger partial charge in [0, 0.05) is 19.2 Å². The number of aromatic nitrogens is 2. The number of nitrogens with one attached hydrogen (secondary N) is 1. The summed E-state index contributed by atoms with van der Waals surface area (Å²) in [4.78, 5) is 14.0. The summed E-state index contributed by atoms with van der Waals surface area (Å²) < 4.78 is 11.8. The molecule has 2 heterocycles. The van der Waals surface area contributed by atoms with Gasteiger partial charge in [-0.15, -0.1) is 0 Å². The van der Waals surface area contributed by atoms with E-state index >= 15 is 0 Å². The molecule has 7 heteroatoms. The number of benzene rings is 1. The van der Waals surface area contributed by atoms with E-state index in [1.165, 1.54) is 0 Å². The lowest BCUT2D eigenvalue weighted by Crippen LogP contribution is -2.43. The molecule has 1 aliphatic heterocycles. The number of amides is 1. The number of ether oxygens (including phenoxy) is 2. The van der Waals surface area contributed by atoms with Crippen LogP contribution in [-0.4, -0.2) is 46.0 Å². The topological polar surface area (TPSA) is 93.5 Å².